The largest absolute Gasteiger partial charge is 0.478 e. The number of carboxylic acid groups (broad SMARTS) is 1. The van der Waals surface area contributed by atoms with Gasteiger partial charge in [-0.15, -0.1) is 0 Å². The summed E-state index contributed by atoms with van der Waals surface area (Å²) in [4.78, 5) is 34.2. The van der Waals surface area contributed by atoms with Crippen molar-refractivity contribution in [1.82, 2.24) is 10.6 Å². The molecule has 1 unspecified atom stereocenters. The SMILES string of the molecule is O=C(Cc1cccc(C(=O)O)c1)NC1CCCNC1=O. The van der Waals surface area contributed by atoms with Gasteiger partial charge in [-0.1, -0.05) is 12.1 Å². The van der Waals surface area contributed by atoms with Crippen molar-refractivity contribution in [2.75, 3.05) is 6.54 Å². The maximum atomic E-state index is 11.9. The van der Waals surface area contributed by atoms with Crippen LogP contribution in [0.25, 0.3) is 0 Å². The minimum atomic E-state index is -1.03. The second-order valence-electron chi connectivity index (χ2n) is 4.74. The molecule has 0 aliphatic carbocycles. The summed E-state index contributed by atoms with van der Waals surface area (Å²) in [5, 5.41) is 14.2. The Balaban J connectivity index is 1.95. The molecule has 6 nitrogen and oxygen atoms in total. The number of rotatable bonds is 4. The van der Waals surface area contributed by atoms with Crippen molar-refractivity contribution in [2.45, 2.75) is 25.3 Å². The Hall–Kier alpha value is -2.37. The van der Waals surface area contributed by atoms with E-state index in [1.54, 1.807) is 12.1 Å². The molecule has 0 bridgehead atoms. The van der Waals surface area contributed by atoms with E-state index in [2.05, 4.69) is 10.6 Å². The maximum Gasteiger partial charge on any atom is 0.335 e. The molecule has 3 N–H and O–H groups in total. The molecule has 1 aromatic carbocycles. The van der Waals surface area contributed by atoms with E-state index in [9.17, 15) is 14.4 Å². The highest BCUT2D eigenvalue weighted by molar-refractivity contribution is 5.90. The van der Waals surface area contributed by atoms with E-state index in [0.717, 1.165) is 6.42 Å². The molecule has 2 rings (SSSR count). The number of piperidine rings is 1. The van der Waals surface area contributed by atoms with Crippen molar-refractivity contribution in [3.8, 4) is 0 Å². The molecule has 1 aromatic rings. The monoisotopic (exact) mass is 276 g/mol. The van der Waals surface area contributed by atoms with Gasteiger partial charge in [-0.2, -0.15) is 0 Å². The molecule has 1 aliphatic rings. The highest BCUT2D eigenvalue weighted by atomic mass is 16.4. The molecule has 1 fully saturated rings. The highest BCUT2D eigenvalue weighted by Gasteiger charge is 2.23. The molecule has 1 aliphatic heterocycles. The average Bonchev–Trinajstić information content (AvgIpc) is 2.41. The normalized spacial score (nSPS) is 18.2. The molecular formula is C14H16N2O4. The van der Waals surface area contributed by atoms with Gasteiger partial charge in [-0.05, 0) is 30.5 Å². The van der Waals surface area contributed by atoms with Crippen LogP contribution in [0.3, 0.4) is 0 Å². The van der Waals surface area contributed by atoms with Crippen LogP contribution in [0.5, 0.6) is 0 Å². The minimum Gasteiger partial charge on any atom is -0.478 e. The molecule has 20 heavy (non-hydrogen) atoms. The van der Waals surface area contributed by atoms with Crippen LogP contribution in [-0.4, -0.2) is 35.5 Å². The summed E-state index contributed by atoms with van der Waals surface area (Å²) in [7, 11) is 0. The van der Waals surface area contributed by atoms with Gasteiger partial charge in [0.2, 0.25) is 11.8 Å². The number of carboxylic acids is 1. The Morgan fingerprint density at radius 1 is 1.40 bits per heavy atom. The first kappa shape index (κ1) is 14.0. The number of carbonyl (C=O) groups is 3. The van der Waals surface area contributed by atoms with E-state index in [1.807, 2.05) is 0 Å². The lowest BCUT2D eigenvalue weighted by Crippen LogP contribution is -2.50. The third-order valence-corrected chi connectivity index (χ3v) is 3.16. The number of hydrogen-bond donors (Lipinski definition) is 3. The van der Waals surface area contributed by atoms with E-state index < -0.39 is 12.0 Å². The fourth-order valence-corrected chi connectivity index (χ4v) is 2.15. The number of nitrogens with one attached hydrogen (secondary N) is 2. The predicted octanol–water partition coefficient (Wildman–Crippen LogP) is 0.322. The zero-order valence-corrected chi connectivity index (χ0v) is 10.9. The van der Waals surface area contributed by atoms with Gasteiger partial charge in [-0.3, -0.25) is 9.59 Å². The van der Waals surface area contributed by atoms with Crippen LogP contribution in [0.4, 0.5) is 0 Å². The Labute approximate surface area is 116 Å². The zero-order chi connectivity index (χ0) is 14.5. The summed E-state index contributed by atoms with van der Waals surface area (Å²) >= 11 is 0. The molecule has 0 spiro atoms. The van der Waals surface area contributed by atoms with Gasteiger partial charge in [-0.25, -0.2) is 4.79 Å². The van der Waals surface area contributed by atoms with E-state index in [0.29, 0.717) is 18.5 Å². The van der Waals surface area contributed by atoms with Crippen molar-refractivity contribution >= 4 is 17.8 Å². The van der Waals surface area contributed by atoms with Crippen molar-refractivity contribution in [3.63, 3.8) is 0 Å². The number of benzene rings is 1. The van der Waals surface area contributed by atoms with Gasteiger partial charge in [0.05, 0.1) is 12.0 Å². The molecular weight excluding hydrogens is 260 g/mol. The lowest BCUT2D eigenvalue weighted by molar-refractivity contribution is -0.129. The molecule has 2 amide bonds. The molecule has 1 atom stereocenters. The van der Waals surface area contributed by atoms with Gasteiger partial charge >= 0.3 is 5.97 Å². The Bertz CT molecular complexity index is 542. The molecule has 1 heterocycles. The topological polar surface area (TPSA) is 95.5 Å². The van der Waals surface area contributed by atoms with Gasteiger partial charge in [0.15, 0.2) is 0 Å². The second-order valence-corrected chi connectivity index (χ2v) is 4.74. The zero-order valence-electron chi connectivity index (χ0n) is 10.9. The molecule has 1 saturated heterocycles. The van der Waals surface area contributed by atoms with Crippen molar-refractivity contribution < 1.29 is 19.5 Å². The number of amides is 2. The van der Waals surface area contributed by atoms with Crippen LogP contribution in [0.15, 0.2) is 24.3 Å². The van der Waals surface area contributed by atoms with Crippen molar-refractivity contribution in [1.29, 1.82) is 0 Å². The molecule has 0 aromatic heterocycles. The van der Waals surface area contributed by atoms with Crippen molar-refractivity contribution in [2.24, 2.45) is 0 Å². The molecule has 0 radical (unpaired) electrons. The number of carbonyl (C=O) groups excluding carboxylic acids is 2. The Morgan fingerprint density at radius 2 is 2.20 bits per heavy atom. The summed E-state index contributed by atoms with van der Waals surface area (Å²) in [5.74, 6) is -1.47. The summed E-state index contributed by atoms with van der Waals surface area (Å²) < 4.78 is 0. The minimum absolute atomic E-state index is 0.0604. The first-order valence-corrected chi connectivity index (χ1v) is 6.45. The first-order chi connectivity index (χ1) is 9.56. The van der Waals surface area contributed by atoms with Gasteiger partial charge in [0, 0.05) is 6.54 Å². The standard InChI is InChI=1S/C14H16N2O4/c17-12(16-11-5-2-6-15-13(11)18)8-9-3-1-4-10(7-9)14(19)20/h1,3-4,7,11H,2,5-6,8H2,(H,15,18)(H,16,17)(H,19,20). The third kappa shape index (κ3) is 3.57. The number of hydrogen-bond acceptors (Lipinski definition) is 3. The van der Waals surface area contributed by atoms with E-state index in [4.69, 9.17) is 5.11 Å². The van der Waals surface area contributed by atoms with Crippen LogP contribution in [0, 0.1) is 0 Å². The van der Waals surface area contributed by atoms with E-state index in [-0.39, 0.29) is 23.8 Å². The highest BCUT2D eigenvalue weighted by Crippen LogP contribution is 2.08. The molecule has 106 valence electrons. The Kier molecular flexibility index (Phi) is 4.34. The third-order valence-electron chi connectivity index (χ3n) is 3.16. The number of aromatic carboxylic acids is 1. The molecule has 0 saturated carbocycles. The Morgan fingerprint density at radius 3 is 2.90 bits per heavy atom. The fourth-order valence-electron chi connectivity index (χ4n) is 2.15. The van der Waals surface area contributed by atoms with Crippen LogP contribution >= 0.6 is 0 Å². The quantitative estimate of drug-likeness (QED) is 0.738. The smallest absolute Gasteiger partial charge is 0.335 e. The fraction of sp³-hybridized carbons (Fsp3) is 0.357. The second kappa shape index (κ2) is 6.18. The van der Waals surface area contributed by atoms with Crippen LogP contribution in [-0.2, 0) is 16.0 Å². The van der Waals surface area contributed by atoms with Crippen LogP contribution < -0.4 is 10.6 Å². The maximum absolute atomic E-state index is 11.9. The average molecular weight is 276 g/mol. The van der Waals surface area contributed by atoms with Crippen LogP contribution in [0.1, 0.15) is 28.8 Å². The van der Waals surface area contributed by atoms with Gasteiger partial charge < -0.3 is 15.7 Å². The molecule has 6 heteroatoms. The van der Waals surface area contributed by atoms with Gasteiger partial charge in [0.25, 0.3) is 0 Å². The predicted molar refractivity (Wildman–Crippen MR) is 71.3 cm³/mol. The summed E-state index contributed by atoms with van der Waals surface area (Å²) in [5.41, 5.74) is 0.754. The lowest BCUT2D eigenvalue weighted by Gasteiger charge is -2.22. The summed E-state index contributed by atoms with van der Waals surface area (Å²) in [6.07, 6.45) is 1.53. The van der Waals surface area contributed by atoms with E-state index in [1.165, 1.54) is 12.1 Å². The first-order valence-electron chi connectivity index (χ1n) is 6.45. The van der Waals surface area contributed by atoms with Crippen LogP contribution in [0.2, 0.25) is 0 Å². The summed E-state index contributed by atoms with van der Waals surface area (Å²) in [6.45, 7) is 0.645. The lowest BCUT2D eigenvalue weighted by atomic mass is 10.0. The van der Waals surface area contributed by atoms with Crippen molar-refractivity contribution in [3.05, 3.63) is 35.4 Å². The van der Waals surface area contributed by atoms with Gasteiger partial charge in [0.1, 0.15) is 6.04 Å². The summed E-state index contributed by atoms with van der Waals surface area (Å²) in [6, 6.07) is 5.73. The van der Waals surface area contributed by atoms with E-state index >= 15 is 0 Å².